The van der Waals surface area contributed by atoms with Crippen molar-refractivity contribution >= 4 is 11.6 Å². The summed E-state index contributed by atoms with van der Waals surface area (Å²) >= 11 is 0. The number of rotatable bonds is 5. The summed E-state index contributed by atoms with van der Waals surface area (Å²) < 4.78 is 37.8. The highest BCUT2D eigenvalue weighted by atomic mass is 19.1. The molecule has 4 aromatic rings. The Labute approximate surface area is 170 Å². The summed E-state index contributed by atoms with van der Waals surface area (Å²) in [5.74, 6) is -1.18. The van der Waals surface area contributed by atoms with Gasteiger partial charge in [0, 0.05) is 22.9 Å². The van der Waals surface area contributed by atoms with Crippen molar-refractivity contribution < 1.29 is 22.7 Å². The zero-order valence-corrected chi connectivity index (χ0v) is 15.7. The van der Waals surface area contributed by atoms with Gasteiger partial charge in [0.15, 0.2) is 0 Å². The molecular formula is C22H15F2N3O3. The highest BCUT2D eigenvalue weighted by molar-refractivity contribution is 6.04. The van der Waals surface area contributed by atoms with E-state index in [0.717, 1.165) is 12.1 Å². The molecule has 30 heavy (non-hydrogen) atoms. The SMILES string of the molecule is COc1cccc(-c2nnc(-c3cccc(NC(=O)c4ccc(F)cc4F)c3)o2)c1. The summed E-state index contributed by atoms with van der Waals surface area (Å²) in [7, 11) is 1.57. The summed E-state index contributed by atoms with van der Waals surface area (Å²) in [6, 6.07) is 16.6. The molecule has 0 aliphatic carbocycles. The molecule has 1 N–H and O–H groups in total. The van der Waals surface area contributed by atoms with Gasteiger partial charge in [-0.1, -0.05) is 12.1 Å². The second kappa shape index (κ2) is 8.12. The van der Waals surface area contributed by atoms with Gasteiger partial charge in [-0.2, -0.15) is 0 Å². The van der Waals surface area contributed by atoms with Gasteiger partial charge in [0.1, 0.15) is 17.4 Å². The highest BCUT2D eigenvalue weighted by Crippen LogP contribution is 2.27. The van der Waals surface area contributed by atoms with Crippen molar-refractivity contribution in [2.45, 2.75) is 0 Å². The number of anilines is 1. The van der Waals surface area contributed by atoms with Crippen molar-refractivity contribution in [1.29, 1.82) is 0 Å². The third kappa shape index (κ3) is 4.02. The van der Waals surface area contributed by atoms with Gasteiger partial charge in [-0.15, -0.1) is 10.2 Å². The maximum absolute atomic E-state index is 13.8. The molecule has 1 aromatic heterocycles. The molecule has 4 rings (SSSR count). The van der Waals surface area contributed by atoms with Gasteiger partial charge < -0.3 is 14.5 Å². The standard InChI is InChI=1S/C22H15F2N3O3/c1-29-17-7-3-5-14(11-17)22-27-26-21(30-22)13-4-2-6-16(10-13)25-20(28)18-9-8-15(23)12-19(18)24/h2-12H,1H3,(H,25,28). The van der Waals surface area contributed by atoms with Crippen LogP contribution >= 0.6 is 0 Å². The number of methoxy groups -OCH3 is 1. The molecule has 0 atom stereocenters. The van der Waals surface area contributed by atoms with E-state index in [4.69, 9.17) is 9.15 Å². The topological polar surface area (TPSA) is 77.3 Å². The lowest BCUT2D eigenvalue weighted by Crippen LogP contribution is -2.13. The van der Waals surface area contributed by atoms with E-state index in [-0.39, 0.29) is 11.5 Å². The lowest BCUT2D eigenvalue weighted by atomic mass is 10.1. The predicted molar refractivity (Wildman–Crippen MR) is 106 cm³/mol. The first-order chi connectivity index (χ1) is 14.5. The summed E-state index contributed by atoms with van der Waals surface area (Å²) in [4.78, 5) is 12.3. The van der Waals surface area contributed by atoms with E-state index in [1.165, 1.54) is 0 Å². The molecule has 0 bridgehead atoms. The van der Waals surface area contributed by atoms with E-state index in [9.17, 15) is 13.6 Å². The number of amides is 1. The molecule has 0 spiro atoms. The lowest BCUT2D eigenvalue weighted by Gasteiger charge is -2.07. The average molecular weight is 407 g/mol. The van der Waals surface area contributed by atoms with Crippen LogP contribution in [-0.4, -0.2) is 23.2 Å². The van der Waals surface area contributed by atoms with Crippen LogP contribution in [-0.2, 0) is 0 Å². The normalized spacial score (nSPS) is 10.6. The second-order valence-electron chi connectivity index (χ2n) is 6.30. The van der Waals surface area contributed by atoms with Gasteiger partial charge in [0.25, 0.3) is 5.91 Å². The Hall–Kier alpha value is -4.07. The summed E-state index contributed by atoms with van der Waals surface area (Å²) in [6.07, 6.45) is 0. The third-order valence-electron chi connectivity index (χ3n) is 4.28. The Bertz CT molecular complexity index is 1220. The molecule has 150 valence electrons. The van der Waals surface area contributed by atoms with Crippen molar-refractivity contribution in [1.82, 2.24) is 10.2 Å². The minimum Gasteiger partial charge on any atom is -0.497 e. The fraction of sp³-hybridized carbons (Fsp3) is 0.0455. The lowest BCUT2D eigenvalue weighted by molar-refractivity contribution is 0.102. The number of carbonyl (C=O) groups is 1. The van der Waals surface area contributed by atoms with Crippen molar-refractivity contribution in [3.63, 3.8) is 0 Å². The number of hydrogen-bond donors (Lipinski definition) is 1. The average Bonchev–Trinajstić information content (AvgIpc) is 3.24. The number of benzene rings is 3. The van der Waals surface area contributed by atoms with E-state index < -0.39 is 17.5 Å². The first-order valence-electron chi connectivity index (χ1n) is 8.88. The molecule has 1 heterocycles. The Balaban J connectivity index is 1.56. The van der Waals surface area contributed by atoms with Gasteiger partial charge >= 0.3 is 0 Å². The van der Waals surface area contributed by atoms with Crippen LogP contribution in [0, 0.1) is 11.6 Å². The van der Waals surface area contributed by atoms with Crippen LogP contribution in [0.15, 0.2) is 71.1 Å². The van der Waals surface area contributed by atoms with Crippen LogP contribution in [0.4, 0.5) is 14.5 Å². The number of nitrogens with zero attached hydrogens (tertiary/aromatic N) is 2. The molecule has 0 saturated carbocycles. The van der Waals surface area contributed by atoms with Crippen molar-refractivity contribution in [2.75, 3.05) is 12.4 Å². The highest BCUT2D eigenvalue weighted by Gasteiger charge is 2.15. The Morgan fingerprint density at radius 3 is 2.33 bits per heavy atom. The molecule has 0 unspecified atom stereocenters. The fourth-order valence-corrected chi connectivity index (χ4v) is 2.81. The number of aromatic nitrogens is 2. The minimum absolute atomic E-state index is 0.247. The van der Waals surface area contributed by atoms with Crippen LogP contribution in [0.3, 0.4) is 0 Å². The van der Waals surface area contributed by atoms with E-state index >= 15 is 0 Å². The van der Waals surface area contributed by atoms with Crippen LogP contribution in [0.1, 0.15) is 10.4 Å². The van der Waals surface area contributed by atoms with E-state index in [2.05, 4.69) is 15.5 Å². The monoisotopic (exact) mass is 407 g/mol. The fourth-order valence-electron chi connectivity index (χ4n) is 2.81. The van der Waals surface area contributed by atoms with E-state index in [1.54, 1.807) is 43.5 Å². The number of carbonyl (C=O) groups excluding carboxylic acids is 1. The molecule has 0 saturated heterocycles. The van der Waals surface area contributed by atoms with Crippen LogP contribution in [0.2, 0.25) is 0 Å². The Morgan fingerprint density at radius 2 is 1.63 bits per heavy atom. The van der Waals surface area contributed by atoms with E-state index in [1.807, 2.05) is 12.1 Å². The predicted octanol–water partition coefficient (Wildman–Crippen LogP) is 4.94. The molecule has 0 radical (unpaired) electrons. The van der Waals surface area contributed by atoms with Crippen molar-refractivity contribution in [3.8, 4) is 28.7 Å². The largest absolute Gasteiger partial charge is 0.497 e. The number of hydrogen-bond acceptors (Lipinski definition) is 5. The zero-order chi connectivity index (χ0) is 21.1. The van der Waals surface area contributed by atoms with Crippen LogP contribution < -0.4 is 10.1 Å². The smallest absolute Gasteiger partial charge is 0.258 e. The van der Waals surface area contributed by atoms with Gasteiger partial charge in [-0.25, -0.2) is 8.78 Å². The Morgan fingerprint density at radius 1 is 0.933 bits per heavy atom. The van der Waals surface area contributed by atoms with Crippen LogP contribution in [0.5, 0.6) is 5.75 Å². The van der Waals surface area contributed by atoms with Gasteiger partial charge in [-0.05, 0) is 48.5 Å². The third-order valence-corrected chi connectivity index (χ3v) is 4.28. The first-order valence-corrected chi connectivity index (χ1v) is 8.88. The van der Waals surface area contributed by atoms with Gasteiger partial charge in [0.05, 0.1) is 12.7 Å². The molecule has 0 aliphatic rings. The molecule has 8 heteroatoms. The van der Waals surface area contributed by atoms with Gasteiger partial charge in [0.2, 0.25) is 11.8 Å². The van der Waals surface area contributed by atoms with Crippen molar-refractivity contribution in [3.05, 3.63) is 83.9 Å². The Kier molecular flexibility index (Phi) is 5.21. The molecular weight excluding hydrogens is 392 g/mol. The maximum Gasteiger partial charge on any atom is 0.258 e. The van der Waals surface area contributed by atoms with E-state index in [0.29, 0.717) is 34.5 Å². The molecule has 6 nitrogen and oxygen atoms in total. The number of ether oxygens (including phenoxy) is 1. The quantitative estimate of drug-likeness (QED) is 0.507. The van der Waals surface area contributed by atoms with Crippen molar-refractivity contribution in [2.24, 2.45) is 0 Å². The maximum atomic E-state index is 13.8. The van der Waals surface area contributed by atoms with Gasteiger partial charge in [-0.3, -0.25) is 4.79 Å². The summed E-state index contributed by atoms with van der Waals surface area (Å²) in [5.41, 5.74) is 1.39. The van der Waals surface area contributed by atoms with Crippen LogP contribution in [0.25, 0.3) is 22.9 Å². The first kappa shape index (κ1) is 19.3. The zero-order valence-electron chi connectivity index (χ0n) is 15.7. The molecule has 0 fully saturated rings. The second-order valence-corrected chi connectivity index (χ2v) is 6.30. The molecule has 3 aromatic carbocycles. The number of nitrogens with one attached hydrogen (secondary N) is 1. The minimum atomic E-state index is -0.941. The molecule has 0 aliphatic heterocycles. The summed E-state index contributed by atoms with van der Waals surface area (Å²) in [5, 5.41) is 10.7. The number of halogens is 2. The molecule has 1 amide bonds. The summed E-state index contributed by atoms with van der Waals surface area (Å²) in [6.45, 7) is 0.